The van der Waals surface area contributed by atoms with Gasteiger partial charge >= 0.3 is 37.1 Å². The Morgan fingerprint density at radius 3 is 0.896 bits per heavy atom. The Morgan fingerprint density at radius 1 is 0.354 bits per heavy atom. The quantitative estimate of drug-likeness (QED) is 0.187. The predicted octanol–water partition coefficient (Wildman–Crippen LogP) is 10.7. The van der Waals surface area contributed by atoms with Gasteiger partial charge in [0.05, 0.1) is 33.4 Å². The average Bonchev–Trinajstić information content (AvgIpc) is 2.93. The highest BCUT2D eigenvalue weighted by molar-refractivity contribution is 6.82. The standard InChI is InChI=1S/C29H13BF18/c31-24(32,33)16-5-14(6-17(9-16)25(34,35)36)23(15-7-18(26(37,38)39)10-19(8-15)27(40,41)42)3-1-2-4-30(23)22-12-20(28(43,44)45)11-21(13-22)29(46,47)48/h1-13H. The van der Waals surface area contributed by atoms with Crippen LogP contribution in [-0.4, -0.2) is 6.71 Å². The van der Waals surface area contributed by atoms with Crippen LogP contribution >= 0.6 is 0 Å². The number of hydrogen-bond donors (Lipinski definition) is 0. The molecule has 0 aliphatic carbocycles. The van der Waals surface area contributed by atoms with Crippen molar-refractivity contribution < 1.29 is 79.0 Å². The van der Waals surface area contributed by atoms with Crippen LogP contribution in [0.15, 0.2) is 78.8 Å². The van der Waals surface area contributed by atoms with Gasteiger partial charge in [-0.25, -0.2) is 0 Å². The molecular weight excluding hydrogens is 701 g/mol. The van der Waals surface area contributed by atoms with Gasteiger partial charge in [-0.15, -0.1) is 5.98 Å². The van der Waals surface area contributed by atoms with E-state index in [-0.39, 0.29) is 42.5 Å². The van der Waals surface area contributed by atoms with Crippen molar-refractivity contribution in [2.24, 2.45) is 0 Å². The van der Waals surface area contributed by atoms with E-state index in [0.717, 1.165) is 12.2 Å². The maximum Gasteiger partial charge on any atom is 0.416 e. The highest BCUT2D eigenvalue weighted by Gasteiger charge is 2.50. The molecule has 0 saturated carbocycles. The highest BCUT2D eigenvalue weighted by atomic mass is 19.4. The second kappa shape index (κ2) is 11.5. The van der Waals surface area contributed by atoms with Gasteiger partial charge in [-0.3, -0.25) is 0 Å². The van der Waals surface area contributed by atoms with E-state index in [4.69, 9.17) is 0 Å². The van der Waals surface area contributed by atoms with Gasteiger partial charge in [0.15, 0.2) is 0 Å². The van der Waals surface area contributed by atoms with Crippen molar-refractivity contribution in [2.45, 2.75) is 42.4 Å². The first-order valence-corrected chi connectivity index (χ1v) is 12.8. The lowest BCUT2D eigenvalue weighted by atomic mass is 9.26. The Kier molecular flexibility index (Phi) is 8.83. The molecule has 1 aliphatic rings. The summed E-state index contributed by atoms with van der Waals surface area (Å²) in [4.78, 5) is 0. The number of alkyl halides is 18. The summed E-state index contributed by atoms with van der Waals surface area (Å²) in [6.07, 6.45) is -31.6. The fourth-order valence-corrected chi connectivity index (χ4v) is 5.28. The third-order valence-electron chi connectivity index (χ3n) is 7.36. The zero-order valence-corrected chi connectivity index (χ0v) is 22.9. The molecule has 258 valence electrons. The van der Waals surface area contributed by atoms with Crippen molar-refractivity contribution in [3.05, 3.63) is 123 Å². The van der Waals surface area contributed by atoms with Crippen LogP contribution in [-0.2, 0) is 42.4 Å². The zero-order chi connectivity index (χ0) is 36.5. The third-order valence-corrected chi connectivity index (χ3v) is 7.36. The summed E-state index contributed by atoms with van der Waals surface area (Å²) < 4.78 is 250. The molecule has 4 rings (SSSR count). The van der Waals surface area contributed by atoms with Crippen LogP contribution < -0.4 is 5.46 Å². The maximum absolute atomic E-state index is 13.9. The van der Waals surface area contributed by atoms with E-state index < -0.39 is 111 Å². The number of hydrogen-bond acceptors (Lipinski definition) is 0. The molecule has 0 nitrogen and oxygen atoms in total. The first kappa shape index (κ1) is 36.8. The molecule has 1 heterocycles. The second-order valence-corrected chi connectivity index (χ2v) is 10.5. The molecule has 0 spiro atoms. The van der Waals surface area contributed by atoms with Crippen molar-refractivity contribution in [3.63, 3.8) is 0 Å². The van der Waals surface area contributed by atoms with E-state index in [0.29, 0.717) is 12.1 Å². The molecule has 0 unspecified atom stereocenters. The monoisotopic (exact) mass is 714 g/mol. The molecule has 48 heavy (non-hydrogen) atoms. The fourth-order valence-electron chi connectivity index (χ4n) is 5.28. The second-order valence-electron chi connectivity index (χ2n) is 10.5. The molecule has 0 aromatic heterocycles. The molecule has 19 heteroatoms. The highest BCUT2D eigenvalue weighted by Crippen LogP contribution is 2.47. The van der Waals surface area contributed by atoms with E-state index in [1.54, 1.807) is 0 Å². The van der Waals surface area contributed by atoms with Crippen LogP contribution in [0.2, 0.25) is 0 Å². The molecule has 0 radical (unpaired) electrons. The lowest BCUT2D eigenvalue weighted by Crippen LogP contribution is -2.51. The first-order chi connectivity index (χ1) is 21.5. The fraction of sp³-hybridized carbons (Fsp3) is 0.241. The Morgan fingerprint density at radius 2 is 0.625 bits per heavy atom. The Balaban J connectivity index is 2.27. The molecule has 0 atom stereocenters. The van der Waals surface area contributed by atoms with Crippen molar-refractivity contribution in [2.75, 3.05) is 0 Å². The van der Waals surface area contributed by atoms with Gasteiger partial charge in [0.2, 0.25) is 6.71 Å². The molecule has 3 aromatic carbocycles. The van der Waals surface area contributed by atoms with Gasteiger partial charge in [0, 0.05) is 5.31 Å². The van der Waals surface area contributed by atoms with Crippen molar-refractivity contribution in [3.8, 4) is 0 Å². The number of allylic oxidation sites excluding steroid dienone is 3. The average molecular weight is 714 g/mol. The third kappa shape index (κ3) is 7.33. The summed E-state index contributed by atoms with van der Waals surface area (Å²) in [6, 6.07) is -1.58. The smallest absolute Gasteiger partial charge is 0.166 e. The first-order valence-electron chi connectivity index (χ1n) is 12.8. The summed E-state index contributed by atoms with van der Waals surface area (Å²) >= 11 is 0. The van der Waals surface area contributed by atoms with E-state index in [1.165, 1.54) is 0 Å². The van der Waals surface area contributed by atoms with Gasteiger partial charge in [-0.05, 0) is 53.6 Å². The summed E-state index contributed by atoms with van der Waals surface area (Å²) in [7, 11) is 0. The minimum absolute atomic E-state index is 0.00865. The van der Waals surface area contributed by atoms with Gasteiger partial charge < -0.3 is 0 Å². The number of benzene rings is 3. The number of halogens is 18. The lowest BCUT2D eigenvalue weighted by molar-refractivity contribution is -0.144. The van der Waals surface area contributed by atoms with Crippen LogP contribution in [0.3, 0.4) is 0 Å². The van der Waals surface area contributed by atoms with Crippen LogP contribution in [0.25, 0.3) is 0 Å². The van der Waals surface area contributed by atoms with E-state index in [2.05, 4.69) is 0 Å². The van der Waals surface area contributed by atoms with Crippen molar-refractivity contribution in [1.29, 1.82) is 0 Å². The van der Waals surface area contributed by atoms with Crippen LogP contribution in [0, 0.1) is 0 Å². The molecule has 3 aromatic rings. The topological polar surface area (TPSA) is 0 Å². The van der Waals surface area contributed by atoms with Crippen LogP contribution in [0.4, 0.5) is 79.0 Å². The summed E-state index contributed by atoms with van der Waals surface area (Å²) in [5.41, 5.74) is -16.5. The van der Waals surface area contributed by atoms with Gasteiger partial charge in [0.1, 0.15) is 0 Å². The molecular formula is C29H13BF18. The van der Waals surface area contributed by atoms with Gasteiger partial charge in [0.25, 0.3) is 0 Å². The Bertz CT molecular complexity index is 1570. The van der Waals surface area contributed by atoms with Crippen molar-refractivity contribution in [1.82, 2.24) is 0 Å². The molecule has 0 amide bonds. The maximum atomic E-state index is 13.9. The van der Waals surface area contributed by atoms with E-state index in [9.17, 15) is 79.0 Å². The molecule has 0 fully saturated rings. The molecule has 1 aliphatic heterocycles. The van der Waals surface area contributed by atoms with Gasteiger partial charge in [-0.1, -0.05) is 35.8 Å². The van der Waals surface area contributed by atoms with Crippen molar-refractivity contribution >= 4 is 12.2 Å². The Hall–Kier alpha value is -4.06. The molecule has 0 bridgehead atoms. The summed E-state index contributed by atoms with van der Waals surface area (Å²) in [6.45, 7) is -2.36. The van der Waals surface area contributed by atoms with E-state index in [1.807, 2.05) is 0 Å². The predicted molar refractivity (Wildman–Crippen MR) is 134 cm³/mol. The number of rotatable bonds is 3. The normalized spacial score (nSPS) is 16.1. The SMILES string of the molecule is FC(F)(F)c1cc(B2C=CC=CC2(c2cc(C(F)(F)F)cc(C(F)(F)F)c2)c2cc(C(F)(F)F)cc(C(F)(F)F)c2)cc(C(F)(F)F)c1. The minimum atomic E-state index is -5.65. The van der Waals surface area contributed by atoms with Gasteiger partial charge in [-0.2, -0.15) is 79.0 Å². The summed E-state index contributed by atoms with van der Waals surface area (Å²) in [5.74, 6) is 0.636. The Labute approximate surface area is 257 Å². The lowest BCUT2D eigenvalue weighted by Gasteiger charge is -2.40. The van der Waals surface area contributed by atoms with Crippen LogP contribution in [0.5, 0.6) is 0 Å². The largest absolute Gasteiger partial charge is 0.416 e. The van der Waals surface area contributed by atoms with E-state index >= 15 is 0 Å². The van der Waals surface area contributed by atoms with Crippen LogP contribution in [0.1, 0.15) is 44.5 Å². The minimum Gasteiger partial charge on any atom is -0.166 e. The zero-order valence-electron chi connectivity index (χ0n) is 22.9. The molecule has 0 saturated heterocycles. The summed E-state index contributed by atoms with van der Waals surface area (Å²) in [5, 5.41) is -3.15. The molecule has 0 N–H and O–H groups in total.